The topological polar surface area (TPSA) is 87.2 Å². The second-order valence-electron chi connectivity index (χ2n) is 2.88. The molecule has 0 saturated heterocycles. The molecule has 0 bridgehead atoms. The first-order valence-electron chi connectivity index (χ1n) is 4.31. The number of hydrogen-bond acceptors (Lipinski definition) is 3. The van der Waals surface area contributed by atoms with Crippen molar-refractivity contribution >= 4 is 29.2 Å². The van der Waals surface area contributed by atoms with E-state index in [-0.39, 0.29) is 5.69 Å². The summed E-state index contributed by atoms with van der Waals surface area (Å²) in [5.74, 6) is -0.669. The SMILES string of the molecule is N#CCC(=O)N(C(N)=O)c1ccc(Cl)cc1. The highest BCUT2D eigenvalue weighted by molar-refractivity contribution is 6.30. The molecule has 1 aromatic rings. The molecule has 82 valence electrons. The van der Waals surface area contributed by atoms with Crippen molar-refractivity contribution in [3.63, 3.8) is 0 Å². The zero-order valence-corrected chi connectivity index (χ0v) is 8.94. The van der Waals surface area contributed by atoms with E-state index in [2.05, 4.69) is 0 Å². The summed E-state index contributed by atoms with van der Waals surface area (Å²) in [4.78, 5) is 23.3. The molecular formula is C10H8ClN3O2. The van der Waals surface area contributed by atoms with Gasteiger partial charge < -0.3 is 5.73 Å². The Morgan fingerprint density at radius 3 is 2.38 bits per heavy atom. The highest BCUT2D eigenvalue weighted by atomic mass is 35.5. The van der Waals surface area contributed by atoms with Gasteiger partial charge in [0.15, 0.2) is 0 Å². The zero-order valence-electron chi connectivity index (χ0n) is 8.18. The van der Waals surface area contributed by atoms with Gasteiger partial charge in [-0.1, -0.05) is 11.6 Å². The average molecular weight is 238 g/mol. The average Bonchev–Trinajstić information content (AvgIpc) is 2.21. The number of benzene rings is 1. The summed E-state index contributed by atoms with van der Waals surface area (Å²) in [7, 11) is 0. The van der Waals surface area contributed by atoms with E-state index >= 15 is 0 Å². The zero-order chi connectivity index (χ0) is 12.1. The van der Waals surface area contributed by atoms with Crippen LogP contribution in [-0.2, 0) is 4.79 Å². The number of carbonyl (C=O) groups is 2. The number of carbonyl (C=O) groups excluding carboxylic acids is 2. The fraction of sp³-hybridized carbons (Fsp3) is 0.100. The molecule has 6 heteroatoms. The third-order valence-corrected chi connectivity index (χ3v) is 2.04. The number of urea groups is 1. The third kappa shape index (κ3) is 2.72. The van der Waals surface area contributed by atoms with E-state index in [0.717, 1.165) is 4.90 Å². The van der Waals surface area contributed by atoms with Crippen LogP contribution in [0.2, 0.25) is 5.02 Å². The van der Waals surface area contributed by atoms with Crippen molar-refractivity contribution in [2.45, 2.75) is 6.42 Å². The molecule has 0 spiro atoms. The van der Waals surface area contributed by atoms with E-state index in [9.17, 15) is 9.59 Å². The highest BCUT2D eigenvalue weighted by Crippen LogP contribution is 2.18. The van der Waals surface area contributed by atoms with Crippen molar-refractivity contribution < 1.29 is 9.59 Å². The molecule has 0 aliphatic heterocycles. The van der Waals surface area contributed by atoms with E-state index in [1.807, 2.05) is 0 Å². The van der Waals surface area contributed by atoms with E-state index in [4.69, 9.17) is 22.6 Å². The molecule has 0 fully saturated rings. The number of anilines is 1. The Hall–Kier alpha value is -2.06. The van der Waals surface area contributed by atoms with Crippen molar-refractivity contribution in [1.29, 1.82) is 5.26 Å². The van der Waals surface area contributed by atoms with Gasteiger partial charge in [0, 0.05) is 5.02 Å². The van der Waals surface area contributed by atoms with Gasteiger partial charge in [0.1, 0.15) is 6.42 Å². The van der Waals surface area contributed by atoms with Crippen LogP contribution in [0.4, 0.5) is 10.5 Å². The maximum absolute atomic E-state index is 11.4. The van der Waals surface area contributed by atoms with Crippen LogP contribution in [0.5, 0.6) is 0 Å². The summed E-state index contributed by atoms with van der Waals surface area (Å²) in [6.45, 7) is 0. The fourth-order valence-corrected chi connectivity index (χ4v) is 1.26. The van der Waals surface area contributed by atoms with Gasteiger partial charge in [0.2, 0.25) is 5.91 Å². The number of halogens is 1. The molecule has 0 aliphatic carbocycles. The maximum atomic E-state index is 11.4. The second kappa shape index (κ2) is 5.14. The molecule has 0 unspecified atom stereocenters. The number of amides is 3. The van der Waals surface area contributed by atoms with E-state index in [0.29, 0.717) is 5.02 Å². The van der Waals surface area contributed by atoms with Crippen LogP contribution in [-0.4, -0.2) is 11.9 Å². The smallest absolute Gasteiger partial charge is 0.326 e. The Morgan fingerprint density at radius 2 is 1.94 bits per heavy atom. The van der Waals surface area contributed by atoms with E-state index in [1.54, 1.807) is 6.07 Å². The predicted octanol–water partition coefficient (Wildman–Crippen LogP) is 1.67. The largest absolute Gasteiger partial charge is 0.351 e. The quantitative estimate of drug-likeness (QED) is 0.849. The Bertz CT molecular complexity index is 450. The number of nitriles is 1. The summed E-state index contributed by atoms with van der Waals surface area (Å²) in [5.41, 5.74) is 5.35. The number of imide groups is 1. The maximum Gasteiger partial charge on any atom is 0.326 e. The number of nitrogens with two attached hydrogens (primary N) is 1. The Labute approximate surface area is 97.0 Å². The third-order valence-electron chi connectivity index (χ3n) is 1.78. The first kappa shape index (κ1) is 12.0. The summed E-state index contributed by atoms with van der Waals surface area (Å²) in [6.07, 6.45) is -0.411. The minimum absolute atomic E-state index is 0.289. The lowest BCUT2D eigenvalue weighted by atomic mass is 10.2. The normalized spacial score (nSPS) is 9.25. The van der Waals surface area contributed by atoms with Gasteiger partial charge in [-0.2, -0.15) is 5.26 Å². The summed E-state index contributed by atoms with van der Waals surface area (Å²) in [6, 6.07) is 6.72. The minimum atomic E-state index is -0.928. The molecular weight excluding hydrogens is 230 g/mol. The summed E-state index contributed by atoms with van der Waals surface area (Å²) in [5, 5.41) is 8.86. The lowest BCUT2D eigenvalue weighted by molar-refractivity contribution is -0.116. The molecule has 0 aliphatic rings. The Morgan fingerprint density at radius 1 is 1.38 bits per heavy atom. The van der Waals surface area contributed by atoms with E-state index in [1.165, 1.54) is 24.3 Å². The van der Waals surface area contributed by atoms with Crippen LogP contribution < -0.4 is 10.6 Å². The van der Waals surface area contributed by atoms with Crippen LogP contribution >= 0.6 is 11.6 Å². The molecule has 3 amide bonds. The molecule has 5 nitrogen and oxygen atoms in total. The first-order valence-corrected chi connectivity index (χ1v) is 4.69. The number of rotatable bonds is 2. The van der Waals surface area contributed by atoms with Gasteiger partial charge in [0.05, 0.1) is 11.8 Å². The number of hydrogen-bond donors (Lipinski definition) is 1. The van der Waals surface area contributed by atoms with Crippen molar-refractivity contribution in [3.05, 3.63) is 29.3 Å². The van der Waals surface area contributed by atoms with Gasteiger partial charge in [0.25, 0.3) is 0 Å². The van der Waals surface area contributed by atoms with Gasteiger partial charge in [-0.15, -0.1) is 0 Å². The second-order valence-corrected chi connectivity index (χ2v) is 3.32. The monoisotopic (exact) mass is 237 g/mol. The van der Waals surface area contributed by atoms with Gasteiger partial charge in [-0.05, 0) is 24.3 Å². The van der Waals surface area contributed by atoms with Crippen molar-refractivity contribution in [2.75, 3.05) is 4.90 Å². The Kier molecular flexibility index (Phi) is 3.86. The van der Waals surface area contributed by atoms with Crippen LogP contribution in [0.15, 0.2) is 24.3 Å². The number of primary amides is 1. The summed E-state index contributed by atoms with van der Waals surface area (Å²) < 4.78 is 0. The lowest BCUT2D eigenvalue weighted by Crippen LogP contribution is -2.40. The molecule has 2 N–H and O–H groups in total. The predicted molar refractivity (Wildman–Crippen MR) is 58.8 cm³/mol. The first-order chi connectivity index (χ1) is 7.56. The van der Waals surface area contributed by atoms with Crippen LogP contribution in [0.1, 0.15) is 6.42 Å². The minimum Gasteiger partial charge on any atom is -0.351 e. The van der Waals surface area contributed by atoms with E-state index < -0.39 is 18.4 Å². The molecule has 0 heterocycles. The van der Waals surface area contributed by atoms with Crippen LogP contribution in [0.25, 0.3) is 0 Å². The van der Waals surface area contributed by atoms with Crippen LogP contribution in [0.3, 0.4) is 0 Å². The molecule has 0 atom stereocenters. The Balaban J connectivity index is 3.04. The molecule has 16 heavy (non-hydrogen) atoms. The van der Waals surface area contributed by atoms with Crippen molar-refractivity contribution in [3.8, 4) is 6.07 Å². The molecule has 1 rings (SSSR count). The summed E-state index contributed by atoms with van der Waals surface area (Å²) >= 11 is 5.66. The van der Waals surface area contributed by atoms with Crippen molar-refractivity contribution in [1.82, 2.24) is 0 Å². The molecule has 0 saturated carbocycles. The van der Waals surface area contributed by atoms with Crippen molar-refractivity contribution in [2.24, 2.45) is 5.73 Å². The highest BCUT2D eigenvalue weighted by Gasteiger charge is 2.20. The fourth-order valence-electron chi connectivity index (χ4n) is 1.13. The molecule has 0 aromatic heterocycles. The lowest BCUT2D eigenvalue weighted by Gasteiger charge is -2.16. The van der Waals surface area contributed by atoms with Gasteiger partial charge in [-0.25, -0.2) is 9.69 Å². The van der Waals surface area contributed by atoms with Crippen LogP contribution in [0, 0.1) is 11.3 Å². The molecule has 1 aromatic carbocycles. The van der Waals surface area contributed by atoms with Gasteiger partial charge >= 0.3 is 6.03 Å². The number of nitrogens with zero attached hydrogens (tertiary/aromatic N) is 2. The standard InChI is InChI=1S/C10H8ClN3O2/c11-7-1-3-8(4-2-7)14(10(13)16)9(15)5-6-12/h1-4H,5H2,(H2,13,16). The molecule has 0 radical (unpaired) electrons. The van der Waals surface area contributed by atoms with Gasteiger partial charge in [-0.3, -0.25) is 4.79 Å².